The largest absolute Gasteiger partial charge is 0.449 e. The summed E-state index contributed by atoms with van der Waals surface area (Å²) in [5.41, 5.74) is -0.736. The number of rotatable bonds is 5. The van der Waals surface area contributed by atoms with Crippen LogP contribution in [-0.2, 0) is 33.5 Å². The summed E-state index contributed by atoms with van der Waals surface area (Å²) in [4.78, 5) is 62.6. The smallest absolute Gasteiger partial charge is 0.408 e. The number of amides is 3. The lowest BCUT2D eigenvalue weighted by Crippen LogP contribution is -2.44. The number of hydrogen-bond donors (Lipinski definition) is 1. The van der Waals surface area contributed by atoms with Crippen molar-refractivity contribution in [3.8, 4) is 0 Å². The molecule has 0 aliphatic carbocycles. The topological polar surface area (TPSA) is 128 Å². The second-order valence-electron chi connectivity index (χ2n) is 6.44. The Morgan fingerprint density at radius 1 is 1.04 bits per heavy atom. The van der Waals surface area contributed by atoms with Crippen molar-refractivity contribution >= 4 is 29.8 Å². The first kappa shape index (κ1) is 20.4. The maximum absolute atomic E-state index is 11.9. The van der Waals surface area contributed by atoms with Gasteiger partial charge in [-0.3, -0.25) is 9.59 Å². The number of nitrogens with zero attached hydrogens (tertiary/aromatic N) is 1. The molecule has 1 fully saturated rings. The van der Waals surface area contributed by atoms with Crippen LogP contribution < -0.4 is 5.32 Å². The van der Waals surface area contributed by atoms with E-state index in [4.69, 9.17) is 9.47 Å². The standard InChI is InChI=1S/C15H22N2O8/c1-8(16-14(22)24-15(3,4)5)12(20)23-9(2)13(21)25-17-10(18)6-7-11(17)19/h8-9H,6-7H2,1-5H3,(H,16,22). The summed E-state index contributed by atoms with van der Waals surface area (Å²) >= 11 is 0. The summed E-state index contributed by atoms with van der Waals surface area (Å²) in [6, 6.07) is -1.08. The number of hydrogen-bond acceptors (Lipinski definition) is 8. The summed E-state index contributed by atoms with van der Waals surface area (Å²) in [7, 11) is 0. The normalized spacial score (nSPS) is 16.9. The minimum Gasteiger partial charge on any atom is -0.449 e. The number of carbonyl (C=O) groups excluding carboxylic acids is 5. The Kier molecular flexibility index (Phi) is 6.49. The van der Waals surface area contributed by atoms with Crippen LogP contribution in [0, 0.1) is 0 Å². The molecule has 1 rings (SSSR count). The van der Waals surface area contributed by atoms with Crippen LogP contribution >= 0.6 is 0 Å². The van der Waals surface area contributed by atoms with Gasteiger partial charge in [0.05, 0.1) is 0 Å². The van der Waals surface area contributed by atoms with Crippen molar-refractivity contribution in [2.45, 2.75) is 65.2 Å². The highest BCUT2D eigenvalue weighted by Gasteiger charge is 2.35. The van der Waals surface area contributed by atoms with Crippen LogP contribution in [0.3, 0.4) is 0 Å². The third-order valence-electron chi connectivity index (χ3n) is 2.90. The molecular formula is C15H22N2O8. The fraction of sp³-hybridized carbons (Fsp3) is 0.667. The molecule has 0 radical (unpaired) electrons. The van der Waals surface area contributed by atoms with E-state index in [0.29, 0.717) is 5.06 Å². The van der Waals surface area contributed by atoms with Crippen LogP contribution in [-0.4, -0.2) is 52.7 Å². The molecule has 10 heteroatoms. The van der Waals surface area contributed by atoms with E-state index in [0.717, 1.165) is 0 Å². The molecule has 1 aliphatic rings. The molecule has 0 aromatic rings. The number of imide groups is 1. The Morgan fingerprint density at radius 2 is 1.56 bits per heavy atom. The highest BCUT2D eigenvalue weighted by molar-refractivity contribution is 6.01. The van der Waals surface area contributed by atoms with Gasteiger partial charge in [0.1, 0.15) is 11.6 Å². The fourth-order valence-electron chi connectivity index (χ4n) is 1.69. The first-order valence-electron chi connectivity index (χ1n) is 7.68. The van der Waals surface area contributed by atoms with Gasteiger partial charge in [0.15, 0.2) is 6.10 Å². The van der Waals surface area contributed by atoms with Gasteiger partial charge in [-0.25, -0.2) is 14.4 Å². The lowest BCUT2D eigenvalue weighted by atomic mass is 10.2. The van der Waals surface area contributed by atoms with Gasteiger partial charge in [0.2, 0.25) is 0 Å². The molecule has 0 bridgehead atoms. The molecule has 1 N–H and O–H groups in total. The van der Waals surface area contributed by atoms with Crippen molar-refractivity contribution in [2.24, 2.45) is 0 Å². The molecule has 0 saturated carbocycles. The molecule has 140 valence electrons. The third kappa shape index (κ3) is 6.40. The van der Waals surface area contributed by atoms with Crippen molar-refractivity contribution in [3.63, 3.8) is 0 Å². The molecule has 0 aromatic carbocycles. The molecule has 10 nitrogen and oxygen atoms in total. The van der Waals surface area contributed by atoms with Crippen LogP contribution in [0.5, 0.6) is 0 Å². The van der Waals surface area contributed by atoms with Gasteiger partial charge in [0, 0.05) is 12.8 Å². The minimum atomic E-state index is -1.38. The Balaban J connectivity index is 2.49. The zero-order chi connectivity index (χ0) is 19.4. The van der Waals surface area contributed by atoms with E-state index in [9.17, 15) is 24.0 Å². The fourth-order valence-corrected chi connectivity index (χ4v) is 1.69. The second kappa shape index (κ2) is 7.95. The lowest BCUT2D eigenvalue weighted by Gasteiger charge is -2.22. The summed E-state index contributed by atoms with van der Waals surface area (Å²) < 4.78 is 9.84. The Bertz CT molecular complexity index is 565. The molecule has 2 unspecified atom stereocenters. The molecule has 25 heavy (non-hydrogen) atoms. The highest BCUT2D eigenvalue weighted by atomic mass is 16.7. The predicted octanol–water partition coefficient (Wildman–Crippen LogP) is 0.438. The van der Waals surface area contributed by atoms with Crippen molar-refractivity contribution in [2.75, 3.05) is 0 Å². The maximum atomic E-state index is 11.9. The van der Waals surface area contributed by atoms with Gasteiger partial charge in [-0.05, 0) is 34.6 Å². The van der Waals surface area contributed by atoms with Gasteiger partial charge in [-0.15, -0.1) is 5.06 Å². The van der Waals surface area contributed by atoms with Crippen LogP contribution in [0.25, 0.3) is 0 Å². The molecule has 1 heterocycles. The first-order chi connectivity index (χ1) is 11.4. The quantitative estimate of drug-likeness (QED) is 0.554. The molecule has 1 saturated heterocycles. The van der Waals surface area contributed by atoms with Gasteiger partial charge in [-0.2, -0.15) is 0 Å². The summed E-state index contributed by atoms with van der Waals surface area (Å²) in [5, 5.41) is 2.62. The average molecular weight is 358 g/mol. The Hall–Kier alpha value is -2.65. The summed E-state index contributed by atoms with van der Waals surface area (Å²) in [5.74, 6) is -3.27. The Labute approximate surface area is 144 Å². The molecular weight excluding hydrogens is 336 g/mol. The molecule has 0 aromatic heterocycles. The van der Waals surface area contributed by atoms with Crippen molar-refractivity contribution in [3.05, 3.63) is 0 Å². The van der Waals surface area contributed by atoms with Gasteiger partial charge < -0.3 is 19.6 Å². The van der Waals surface area contributed by atoms with E-state index in [-0.39, 0.29) is 12.8 Å². The van der Waals surface area contributed by atoms with Crippen LogP contribution in [0.15, 0.2) is 0 Å². The lowest BCUT2D eigenvalue weighted by molar-refractivity contribution is -0.205. The number of carbonyl (C=O) groups is 5. The number of esters is 1. The SMILES string of the molecule is CC(NC(=O)OC(C)(C)C)C(=O)OC(C)C(=O)ON1C(=O)CCC1=O. The number of alkyl carbamates (subject to hydrolysis) is 1. The zero-order valence-corrected chi connectivity index (χ0v) is 14.8. The summed E-state index contributed by atoms with van der Waals surface area (Å²) in [6.45, 7) is 7.54. The molecule has 3 amide bonds. The van der Waals surface area contributed by atoms with Gasteiger partial charge in [-0.1, -0.05) is 0 Å². The van der Waals surface area contributed by atoms with E-state index in [1.807, 2.05) is 0 Å². The predicted molar refractivity (Wildman–Crippen MR) is 81.6 cm³/mol. The van der Waals surface area contributed by atoms with E-state index < -0.39 is 47.6 Å². The molecule has 1 aliphatic heterocycles. The summed E-state index contributed by atoms with van der Waals surface area (Å²) in [6.07, 6.45) is -2.29. The Morgan fingerprint density at radius 3 is 2.04 bits per heavy atom. The minimum absolute atomic E-state index is 0.0445. The van der Waals surface area contributed by atoms with Crippen LogP contribution in [0.1, 0.15) is 47.5 Å². The zero-order valence-electron chi connectivity index (χ0n) is 14.8. The second-order valence-corrected chi connectivity index (χ2v) is 6.44. The highest BCUT2D eigenvalue weighted by Crippen LogP contribution is 2.13. The maximum Gasteiger partial charge on any atom is 0.408 e. The first-order valence-corrected chi connectivity index (χ1v) is 7.68. The van der Waals surface area contributed by atoms with Gasteiger partial charge in [0.25, 0.3) is 11.8 Å². The number of ether oxygens (including phenoxy) is 2. The third-order valence-corrected chi connectivity index (χ3v) is 2.90. The van der Waals surface area contributed by atoms with Crippen LogP contribution in [0.2, 0.25) is 0 Å². The number of hydroxylamine groups is 2. The van der Waals surface area contributed by atoms with E-state index in [2.05, 4.69) is 10.2 Å². The van der Waals surface area contributed by atoms with Crippen molar-refractivity contribution < 1.29 is 38.3 Å². The number of nitrogens with one attached hydrogen (secondary N) is 1. The van der Waals surface area contributed by atoms with E-state index in [1.165, 1.54) is 13.8 Å². The van der Waals surface area contributed by atoms with Crippen molar-refractivity contribution in [1.82, 2.24) is 10.4 Å². The van der Waals surface area contributed by atoms with Crippen molar-refractivity contribution in [1.29, 1.82) is 0 Å². The van der Waals surface area contributed by atoms with Crippen LogP contribution in [0.4, 0.5) is 4.79 Å². The molecule has 2 atom stereocenters. The molecule has 0 spiro atoms. The van der Waals surface area contributed by atoms with E-state index in [1.54, 1.807) is 20.8 Å². The average Bonchev–Trinajstić information content (AvgIpc) is 2.76. The van der Waals surface area contributed by atoms with Gasteiger partial charge >= 0.3 is 18.0 Å². The van der Waals surface area contributed by atoms with E-state index >= 15 is 0 Å². The monoisotopic (exact) mass is 358 g/mol.